The molecule has 3 rings (SSSR count). The van der Waals surface area contributed by atoms with Crippen molar-refractivity contribution in [3.05, 3.63) is 41.0 Å². The van der Waals surface area contributed by atoms with E-state index in [1.54, 1.807) is 6.07 Å². The number of halogens is 1. The number of nitrogen functional groups attached to an aromatic ring is 1. The summed E-state index contributed by atoms with van der Waals surface area (Å²) in [6.45, 7) is 4.57. The molecule has 6 heteroatoms. The van der Waals surface area contributed by atoms with Crippen molar-refractivity contribution in [3.63, 3.8) is 0 Å². The molecule has 0 amide bonds. The van der Waals surface area contributed by atoms with Gasteiger partial charge in [0.1, 0.15) is 5.82 Å². The van der Waals surface area contributed by atoms with E-state index in [4.69, 9.17) is 5.73 Å². The first-order valence-corrected chi connectivity index (χ1v) is 6.37. The van der Waals surface area contributed by atoms with Gasteiger partial charge in [-0.25, -0.2) is 9.37 Å². The molecule has 20 heavy (non-hydrogen) atoms. The second-order valence-corrected chi connectivity index (χ2v) is 4.96. The Morgan fingerprint density at radius 1 is 1.30 bits per heavy atom. The quantitative estimate of drug-likeness (QED) is 0.778. The predicted octanol–water partition coefficient (Wildman–Crippen LogP) is 2.16. The number of aryl methyl sites for hydroxylation is 2. The van der Waals surface area contributed by atoms with E-state index in [1.165, 1.54) is 12.1 Å². The summed E-state index contributed by atoms with van der Waals surface area (Å²) in [5, 5.41) is 4.40. The van der Waals surface area contributed by atoms with Crippen LogP contribution in [0.5, 0.6) is 0 Å². The minimum Gasteiger partial charge on any atom is -0.369 e. The summed E-state index contributed by atoms with van der Waals surface area (Å²) in [6, 6.07) is 4.52. The van der Waals surface area contributed by atoms with Gasteiger partial charge in [0.15, 0.2) is 0 Å². The molecule has 0 atom stereocenters. The van der Waals surface area contributed by atoms with Gasteiger partial charge in [0.2, 0.25) is 5.95 Å². The second kappa shape index (κ2) is 4.33. The van der Waals surface area contributed by atoms with Gasteiger partial charge < -0.3 is 10.3 Å². The highest BCUT2D eigenvalue weighted by Crippen LogP contribution is 2.22. The Morgan fingerprint density at radius 2 is 2.05 bits per heavy atom. The molecule has 0 saturated heterocycles. The van der Waals surface area contributed by atoms with Crippen molar-refractivity contribution < 1.29 is 4.39 Å². The molecular weight excluding hydrogens is 257 g/mol. The molecule has 0 aliphatic rings. The zero-order valence-corrected chi connectivity index (χ0v) is 11.7. The number of benzene rings is 1. The lowest BCUT2D eigenvalue weighted by atomic mass is 10.2. The van der Waals surface area contributed by atoms with Gasteiger partial charge >= 0.3 is 0 Å². The number of nitrogens with two attached hydrogens (primary N) is 1. The molecule has 0 aliphatic heterocycles. The number of hydrogen-bond donors (Lipinski definition) is 1. The molecule has 2 heterocycles. The molecule has 0 fully saturated rings. The van der Waals surface area contributed by atoms with Gasteiger partial charge in [0, 0.05) is 24.4 Å². The van der Waals surface area contributed by atoms with Crippen LogP contribution in [-0.2, 0) is 13.6 Å². The van der Waals surface area contributed by atoms with Crippen molar-refractivity contribution in [2.45, 2.75) is 20.4 Å². The highest BCUT2D eigenvalue weighted by molar-refractivity contribution is 5.78. The van der Waals surface area contributed by atoms with E-state index in [9.17, 15) is 4.39 Å². The van der Waals surface area contributed by atoms with Crippen LogP contribution in [0.25, 0.3) is 11.0 Å². The molecule has 2 aromatic heterocycles. The molecule has 0 bridgehead atoms. The van der Waals surface area contributed by atoms with Gasteiger partial charge in [-0.1, -0.05) is 0 Å². The lowest BCUT2D eigenvalue weighted by Crippen LogP contribution is -2.06. The van der Waals surface area contributed by atoms with E-state index in [1.807, 2.05) is 30.1 Å². The maximum absolute atomic E-state index is 13.2. The Morgan fingerprint density at radius 3 is 2.70 bits per heavy atom. The Hall–Kier alpha value is -2.37. The summed E-state index contributed by atoms with van der Waals surface area (Å²) in [4.78, 5) is 4.21. The number of imidazole rings is 1. The van der Waals surface area contributed by atoms with E-state index < -0.39 is 0 Å². The number of fused-ring (bicyclic) bond motifs is 1. The minimum absolute atomic E-state index is 0.309. The van der Waals surface area contributed by atoms with Crippen LogP contribution < -0.4 is 5.73 Å². The molecule has 5 nitrogen and oxygen atoms in total. The van der Waals surface area contributed by atoms with Gasteiger partial charge in [-0.3, -0.25) is 4.68 Å². The third kappa shape index (κ3) is 1.84. The number of nitrogens with zero attached hydrogens (tertiary/aromatic N) is 4. The minimum atomic E-state index is -0.309. The molecule has 0 radical (unpaired) electrons. The molecule has 0 saturated carbocycles. The monoisotopic (exact) mass is 273 g/mol. The zero-order valence-electron chi connectivity index (χ0n) is 11.7. The van der Waals surface area contributed by atoms with E-state index >= 15 is 0 Å². The van der Waals surface area contributed by atoms with Crippen LogP contribution in [0.3, 0.4) is 0 Å². The summed E-state index contributed by atoms with van der Waals surface area (Å²) in [5.41, 5.74) is 10.5. The molecular formula is C14H16FN5. The van der Waals surface area contributed by atoms with Crippen LogP contribution in [0.4, 0.5) is 10.3 Å². The maximum atomic E-state index is 13.2. The third-order valence-electron chi connectivity index (χ3n) is 3.71. The first-order valence-electron chi connectivity index (χ1n) is 6.37. The van der Waals surface area contributed by atoms with Crippen molar-refractivity contribution >= 4 is 17.0 Å². The highest BCUT2D eigenvalue weighted by atomic mass is 19.1. The Bertz CT molecular complexity index is 800. The Labute approximate surface area is 115 Å². The van der Waals surface area contributed by atoms with Gasteiger partial charge in [-0.2, -0.15) is 5.10 Å². The number of anilines is 1. The van der Waals surface area contributed by atoms with Crippen LogP contribution in [0.2, 0.25) is 0 Å². The topological polar surface area (TPSA) is 61.7 Å². The average molecular weight is 273 g/mol. The lowest BCUT2D eigenvalue weighted by Gasteiger charge is -2.07. The molecule has 0 unspecified atom stereocenters. The van der Waals surface area contributed by atoms with E-state index in [0.29, 0.717) is 18.0 Å². The van der Waals surface area contributed by atoms with Crippen molar-refractivity contribution in [2.24, 2.45) is 7.05 Å². The Balaban J connectivity index is 2.13. The highest BCUT2D eigenvalue weighted by Gasteiger charge is 2.14. The van der Waals surface area contributed by atoms with Gasteiger partial charge in [-0.05, 0) is 26.0 Å². The fourth-order valence-corrected chi connectivity index (χ4v) is 2.49. The summed E-state index contributed by atoms with van der Waals surface area (Å²) < 4.78 is 17.0. The first kappa shape index (κ1) is 12.7. The largest absolute Gasteiger partial charge is 0.369 e. The summed E-state index contributed by atoms with van der Waals surface area (Å²) in [7, 11) is 1.91. The van der Waals surface area contributed by atoms with E-state index in [2.05, 4.69) is 10.1 Å². The van der Waals surface area contributed by atoms with Crippen molar-refractivity contribution in [1.29, 1.82) is 0 Å². The van der Waals surface area contributed by atoms with Crippen LogP contribution in [-0.4, -0.2) is 19.3 Å². The van der Waals surface area contributed by atoms with E-state index in [-0.39, 0.29) is 5.82 Å². The van der Waals surface area contributed by atoms with Crippen LogP contribution in [0, 0.1) is 19.7 Å². The van der Waals surface area contributed by atoms with Crippen molar-refractivity contribution in [3.8, 4) is 0 Å². The summed E-state index contributed by atoms with van der Waals surface area (Å²) in [5.74, 6) is 0.0733. The van der Waals surface area contributed by atoms with Crippen LogP contribution >= 0.6 is 0 Å². The smallest absolute Gasteiger partial charge is 0.201 e. The van der Waals surface area contributed by atoms with Crippen LogP contribution in [0.1, 0.15) is 17.0 Å². The van der Waals surface area contributed by atoms with Gasteiger partial charge in [0.25, 0.3) is 0 Å². The third-order valence-corrected chi connectivity index (χ3v) is 3.71. The van der Waals surface area contributed by atoms with Crippen LogP contribution in [0.15, 0.2) is 18.2 Å². The first-order chi connectivity index (χ1) is 9.47. The molecule has 2 N–H and O–H groups in total. The summed E-state index contributed by atoms with van der Waals surface area (Å²) in [6.07, 6.45) is 0. The molecule has 0 spiro atoms. The Kier molecular flexibility index (Phi) is 2.74. The number of rotatable bonds is 2. The van der Waals surface area contributed by atoms with Crippen molar-refractivity contribution in [2.75, 3.05) is 5.73 Å². The fraction of sp³-hybridized carbons (Fsp3) is 0.286. The summed E-state index contributed by atoms with van der Waals surface area (Å²) >= 11 is 0. The number of aromatic nitrogens is 4. The van der Waals surface area contributed by atoms with E-state index in [0.717, 1.165) is 22.5 Å². The average Bonchev–Trinajstić information content (AvgIpc) is 2.81. The molecule has 1 aromatic carbocycles. The molecule has 104 valence electrons. The second-order valence-electron chi connectivity index (χ2n) is 4.96. The van der Waals surface area contributed by atoms with Crippen molar-refractivity contribution in [1.82, 2.24) is 19.3 Å². The van der Waals surface area contributed by atoms with Gasteiger partial charge in [0.05, 0.1) is 23.3 Å². The standard InChI is InChI=1S/C14H16FN5/c1-8-11(9(2)19(3)18-8)7-20-13-5-4-10(15)6-12(13)17-14(20)16/h4-6H,7H2,1-3H3,(H2,16,17). The predicted molar refractivity (Wildman–Crippen MR) is 75.9 cm³/mol. The normalized spacial score (nSPS) is 11.4. The molecule has 0 aliphatic carbocycles. The SMILES string of the molecule is Cc1nn(C)c(C)c1Cn1c(N)nc2cc(F)ccc21. The lowest BCUT2D eigenvalue weighted by molar-refractivity contribution is 0.629. The number of hydrogen-bond acceptors (Lipinski definition) is 3. The fourth-order valence-electron chi connectivity index (χ4n) is 2.49. The molecule has 3 aromatic rings. The van der Waals surface area contributed by atoms with Gasteiger partial charge in [-0.15, -0.1) is 0 Å². The zero-order chi connectivity index (χ0) is 14.4. The maximum Gasteiger partial charge on any atom is 0.201 e.